The Morgan fingerprint density at radius 2 is 2.00 bits per heavy atom. The van der Waals surface area contributed by atoms with Crippen molar-refractivity contribution in [1.29, 1.82) is 0 Å². The second-order valence-electron chi connectivity index (χ2n) is 6.08. The van der Waals surface area contributed by atoms with E-state index in [4.69, 9.17) is 4.74 Å². The fourth-order valence-corrected chi connectivity index (χ4v) is 3.39. The lowest BCUT2D eigenvalue weighted by molar-refractivity contribution is 0.0864. The molecular formula is C15H29NO. The molecule has 1 heterocycles. The Bertz CT molecular complexity index is 219. The lowest BCUT2D eigenvalue weighted by Crippen LogP contribution is -2.35. The molecule has 0 aromatic carbocycles. The molecule has 0 spiro atoms. The highest BCUT2D eigenvalue weighted by Gasteiger charge is 2.27. The third-order valence-electron chi connectivity index (χ3n) is 4.67. The number of ether oxygens (including phenoxy) is 1. The van der Waals surface area contributed by atoms with Gasteiger partial charge in [0.15, 0.2) is 0 Å². The van der Waals surface area contributed by atoms with Gasteiger partial charge in [0, 0.05) is 19.2 Å². The summed E-state index contributed by atoms with van der Waals surface area (Å²) in [7, 11) is 0. The van der Waals surface area contributed by atoms with Gasteiger partial charge in [-0.05, 0) is 43.9 Å². The summed E-state index contributed by atoms with van der Waals surface area (Å²) in [4.78, 5) is 0. The lowest BCUT2D eigenvalue weighted by Gasteiger charge is -2.22. The Labute approximate surface area is 107 Å². The average molecular weight is 239 g/mol. The predicted octanol–water partition coefficient (Wildman–Crippen LogP) is 3.36. The van der Waals surface area contributed by atoms with E-state index in [-0.39, 0.29) is 0 Å². The third kappa shape index (κ3) is 3.96. The summed E-state index contributed by atoms with van der Waals surface area (Å²) in [6.07, 6.45) is 9.98. The van der Waals surface area contributed by atoms with Crippen molar-refractivity contribution in [3.05, 3.63) is 0 Å². The van der Waals surface area contributed by atoms with Gasteiger partial charge in [0.05, 0.1) is 6.10 Å². The van der Waals surface area contributed by atoms with Crippen LogP contribution in [-0.4, -0.2) is 25.3 Å². The summed E-state index contributed by atoms with van der Waals surface area (Å²) in [6.45, 7) is 6.81. The van der Waals surface area contributed by atoms with Gasteiger partial charge in [0.1, 0.15) is 0 Å². The molecule has 2 heteroatoms. The molecule has 1 saturated carbocycles. The molecule has 2 fully saturated rings. The summed E-state index contributed by atoms with van der Waals surface area (Å²) < 4.78 is 5.76. The second kappa shape index (κ2) is 6.75. The smallest absolute Gasteiger partial charge is 0.0613 e. The van der Waals surface area contributed by atoms with Gasteiger partial charge in [0.25, 0.3) is 0 Å². The molecule has 0 radical (unpaired) electrons. The monoisotopic (exact) mass is 239 g/mol. The fourth-order valence-electron chi connectivity index (χ4n) is 3.39. The topological polar surface area (TPSA) is 21.3 Å². The van der Waals surface area contributed by atoms with Crippen LogP contribution in [0, 0.1) is 11.8 Å². The van der Waals surface area contributed by atoms with Crippen LogP contribution in [0.5, 0.6) is 0 Å². The number of hydrogen-bond acceptors (Lipinski definition) is 2. The molecule has 4 atom stereocenters. The first-order valence-electron chi connectivity index (χ1n) is 7.64. The molecular weight excluding hydrogens is 210 g/mol. The summed E-state index contributed by atoms with van der Waals surface area (Å²) in [5, 5.41) is 3.81. The van der Waals surface area contributed by atoms with Crippen LogP contribution in [0.15, 0.2) is 0 Å². The van der Waals surface area contributed by atoms with Crippen molar-refractivity contribution in [1.82, 2.24) is 5.32 Å². The second-order valence-corrected chi connectivity index (χ2v) is 6.08. The Balaban J connectivity index is 1.70. The molecule has 0 aromatic heterocycles. The summed E-state index contributed by atoms with van der Waals surface area (Å²) in [6, 6.07) is 0.776. The van der Waals surface area contributed by atoms with Crippen molar-refractivity contribution in [2.75, 3.05) is 13.2 Å². The average Bonchev–Trinajstić information content (AvgIpc) is 2.69. The van der Waals surface area contributed by atoms with E-state index < -0.39 is 0 Å². The minimum absolute atomic E-state index is 0.521. The maximum atomic E-state index is 5.76. The molecule has 2 rings (SSSR count). The minimum atomic E-state index is 0.521. The van der Waals surface area contributed by atoms with Gasteiger partial charge in [-0.3, -0.25) is 0 Å². The largest absolute Gasteiger partial charge is 0.378 e. The summed E-state index contributed by atoms with van der Waals surface area (Å²) in [5.74, 6) is 1.71. The highest BCUT2D eigenvalue weighted by molar-refractivity contribution is 4.80. The maximum Gasteiger partial charge on any atom is 0.0613 e. The molecule has 0 bridgehead atoms. The zero-order valence-electron chi connectivity index (χ0n) is 11.6. The molecule has 2 nitrogen and oxygen atoms in total. The van der Waals surface area contributed by atoms with Crippen LogP contribution in [0.1, 0.15) is 58.8 Å². The van der Waals surface area contributed by atoms with E-state index in [1.165, 1.54) is 51.5 Å². The normalized spacial score (nSPS) is 39.2. The first kappa shape index (κ1) is 13.4. The van der Waals surface area contributed by atoms with Crippen LogP contribution in [0.25, 0.3) is 0 Å². The molecule has 1 saturated heterocycles. The molecule has 100 valence electrons. The lowest BCUT2D eigenvalue weighted by atomic mass is 9.98. The SMILES string of the molecule is CCC1OCCC1CNC1CCCC(C)CC1. The first-order chi connectivity index (χ1) is 8.29. The van der Waals surface area contributed by atoms with E-state index >= 15 is 0 Å². The highest BCUT2D eigenvalue weighted by Crippen LogP contribution is 2.25. The summed E-state index contributed by atoms with van der Waals surface area (Å²) in [5.41, 5.74) is 0. The molecule has 17 heavy (non-hydrogen) atoms. The van der Waals surface area contributed by atoms with Crippen LogP contribution in [0.4, 0.5) is 0 Å². The molecule has 1 N–H and O–H groups in total. The Morgan fingerprint density at radius 1 is 1.12 bits per heavy atom. The van der Waals surface area contributed by atoms with Gasteiger partial charge >= 0.3 is 0 Å². The molecule has 0 aromatic rings. The Hall–Kier alpha value is -0.0800. The van der Waals surface area contributed by atoms with Crippen molar-refractivity contribution in [2.45, 2.75) is 70.9 Å². The Morgan fingerprint density at radius 3 is 2.82 bits per heavy atom. The van der Waals surface area contributed by atoms with Gasteiger partial charge < -0.3 is 10.1 Å². The number of rotatable bonds is 4. The van der Waals surface area contributed by atoms with E-state index in [1.807, 2.05) is 0 Å². The van der Waals surface area contributed by atoms with Crippen LogP contribution < -0.4 is 5.32 Å². The number of nitrogens with one attached hydrogen (secondary N) is 1. The van der Waals surface area contributed by atoms with Crippen molar-refractivity contribution in [3.8, 4) is 0 Å². The van der Waals surface area contributed by atoms with Gasteiger partial charge in [-0.2, -0.15) is 0 Å². The van der Waals surface area contributed by atoms with E-state index in [0.29, 0.717) is 6.10 Å². The van der Waals surface area contributed by atoms with Crippen LogP contribution >= 0.6 is 0 Å². The molecule has 0 amide bonds. The zero-order valence-corrected chi connectivity index (χ0v) is 11.6. The molecule has 4 unspecified atom stereocenters. The van der Waals surface area contributed by atoms with Crippen LogP contribution in [0.2, 0.25) is 0 Å². The predicted molar refractivity (Wildman–Crippen MR) is 72.2 cm³/mol. The van der Waals surface area contributed by atoms with Crippen LogP contribution in [0.3, 0.4) is 0 Å². The Kier molecular flexibility index (Phi) is 5.30. The molecule has 1 aliphatic carbocycles. The van der Waals surface area contributed by atoms with E-state index in [0.717, 1.165) is 24.5 Å². The summed E-state index contributed by atoms with van der Waals surface area (Å²) >= 11 is 0. The van der Waals surface area contributed by atoms with E-state index in [2.05, 4.69) is 19.2 Å². The standard InChI is InChI=1S/C15H29NO/c1-3-15-13(9-10-17-15)11-16-14-6-4-5-12(2)7-8-14/h12-16H,3-11H2,1-2H3. The third-order valence-corrected chi connectivity index (χ3v) is 4.67. The molecule has 2 aliphatic rings. The van der Waals surface area contributed by atoms with E-state index in [1.54, 1.807) is 0 Å². The van der Waals surface area contributed by atoms with Gasteiger partial charge in [0.2, 0.25) is 0 Å². The molecule has 1 aliphatic heterocycles. The van der Waals surface area contributed by atoms with Gasteiger partial charge in [-0.1, -0.05) is 26.7 Å². The maximum absolute atomic E-state index is 5.76. The van der Waals surface area contributed by atoms with Crippen LogP contribution in [-0.2, 0) is 4.74 Å². The van der Waals surface area contributed by atoms with Crippen molar-refractivity contribution in [2.24, 2.45) is 11.8 Å². The minimum Gasteiger partial charge on any atom is -0.378 e. The van der Waals surface area contributed by atoms with Crippen molar-refractivity contribution < 1.29 is 4.74 Å². The first-order valence-corrected chi connectivity index (χ1v) is 7.64. The fraction of sp³-hybridized carbons (Fsp3) is 1.00. The van der Waals surface area contributed by atoms with Gasteiger partial charge in [-0.25, -0.2) is 0 Å². The van der Waals surface area contributed by atoms with E-state index in [9.17, 15) is 0 Å². The number of hydrogen-bond donors (Lipinski definition) is 1. The zero-order chi connectivity index (χ0) is 12.1. The van der Waals surface area contributed by atoms with Gasteiger partial charge in [-0.15, -0.1) is 0 Å². The van der Waals surface area contributed by atoms with Crippen molar-refractivity contribution in [3.63, 3.8) is 0 Å². The van der Waals surface area contributed by atoms with Crippen molar-refractivity contribution >= 4 is 0 Å². The quantitative estimate of drug-likeness (QED) is 0.760. The highest BCUT2D eigenvalue weighted by atomic mass is 16.5.